The third-order valence-electron chi connectivity index (χ3n) is 2.66. The van der Waals surface area contributed by atoms with Crippen LogP contribution < -0.4 is 0 Å². The zero-order valence-corrected chi connectivity index (χ0v) is 10.6. The summed E-state index contributed by atoms with van der Waals surface area (Å²) >= 11 is 4.78. The van der Waals surface area contributed by atoms with Crippen molar-refractivity contribution >= 4 is 12.2 Å². The highest BCUT2D eigenvalue weighted by Crippen LogP contribution is 2.32. The molecule has 0 aliphatic carbocycles. The first-order chi connectivity index (χ1) is 8.77. The maximum absolute atomic E-state index is 13.2. The zero-order chi connectivity index (χ0) is 14.2. The van der Waals surface area contributed by atoms with Crippen LogP contribution in [0.4, 0.5) is 17.6 Å². The average molecular weight is 287 g/mol. The van der Waals surface area contributed by atoms with Gasteiger partial charge in [0.2, 0.25) is 0 Å². The van der Waals surface area contributed by atoms with E-state index in [1.54, 1.807) is 6.92 Å². The number of hydrogen-bond donors (Lipinski definition) is 1. The predicted octanol–water partition coefficient (Wildman–Crippen LogP) is 4.88. The molecule has 0 amide bonds. The molecule has 0 unspecified atom stereocenters. The summed E-state index contributed by atoms with van der Waals surface area (Å²) in [7, 11) is 0. The van der Waals surface area contributed by atoms with E-state index in [4.69, 9.17) is 12.2 Å². The monoisotopic (exact) mass is 287 g/mol. The lowest BCUT2D eigenvalue weighted by Crippen LogP contribution is -2.06. The molecule has 0 spiro atoms. The molecule has 0 radical (unpaired) electrons. The van der Waals surface area contributed by atoms with Gasteiger partial charge in [0, 0.05) is 11.3 Å². The standard InChI is InChI=1S/C13H9F4NS/c1-7-2-3-9(14)6-10(7)11-4-8(13(15,16)17)5-12(19)18-11/h2-6H,1H3,(H,18,19). The van der Waals surface area contributed by atoms with E-state index in [9.17, 15) is 17.6 Å². The third kappa shape index (κ3) is 3.01. The highest BCUT2D eigenvalue weighted by Gasteiger charge is 2.31. The molecule has 2 rings (SSSR count). The molecule has 0 saturated heterocycles. The summed E-state index contributed by atoms with van der Waals surface area (Å²) in [6.07, 6.45) is -4.49. The van der Waals surface area contributed by atoms with Crippen molar-refractivity contribution in [1.82, 2.24) is 4.98 Å². The number of hydrogen-bond acceptors (Lipinski definition) is 1. The summed E-state index contributed by atoms with van der Waals surface area (Å²) in [6.45, 7) is 1.69. The van der Waals surface area contributed by atoms with Gasteiger partial charge in [0.05, 0.1) is 5.56 Å². The number of halogens is 4. The minimum atomic E-state index is -4.49. The number of aromatic nitrogens is 1. The number of benzene rings is 1. The van der Waals surface area contributed by atoms with Crippen molar-refractivity contribution in [1.29, 1.82) is 0 Å². The van der Waals surface area contributed by atoms with Crippen LogP contribution in [0.15, 0.2) is 30.3 Å². The van der Waals surface area contributed by atoms with E-state index in [1.165, 1.54) is 18.2 Å². The van der Waals surface area contributed by atoms with Crippen molar-refractivity contribution in [2.24, 2.45) is 0 Å². The van der Waals surface area contributed by atoms with Crippen LogP contribution in [0.5, 0.6) is 0 Å². The third-order valence-corrected chi connectivity index (χ3v) is 2.88. The maximum atomic E-state index is 13.2. The number of nitrogens with one attached hydrogen (secondary N) is 1. The highest BCUT2D eigenvalue weighted by atomic mass is 32.1. The number of alkyl halides is 3. The first kappa shape index (κ1) is 13.7. The Morgan fingerprint density at radius 1 is 1.11 bits per heavy atom. The Morgan fingerprint density at radius 3 is 2.42 bits per heavy atom. The smallest absolute Gasteiger partial charge is 0.346 e. The van der Waals surface area contributed by atoms with E-state index in [0.717, 1.165) is 12.1 Å². The zero-order valence-electron chi connectivity index (χ0n) is 9.81. The topological polar surface area (TPSA) is 15.8 Å². The van der Waals surface area contributed by atoms with Gasteiger partial charge >= 0.3 is 6.18 Å². The highest BCUT2D eigenvalue weighted by molar-refractivity contribution is 7.71. The van der Waals surface area contributed by atoms with Crippen LogP contribution in [0.25, 0.3) is 11.3 Å². The van der Waals surface area contributed by atoms with Gasteiger partial charge in [-0.05, 0) is 36.8 Å². The van der Waals surface area contributed by atoms with E-state index in [-0.39, 0.29) is 10.3 Å². The van der Waals surface area contributed by atoms with Crippen molar-refractivity contribution < 1.29 is 17.6 Å². The second-order valence-electron chi connectivity index (χ2n) is 4.10. The number of aromatic amines is 1. The van der Waals surface area contributed by atoms with Crippen LogP contribution in [0.2, 0.25) is 0 Å². The second-order valence-corrected chi connectivity index (χ2v) is 4.54. The van der Waals surface area contributed by atoms with Gasteiger partial charge in [-0.3, -0.25) is 0 Å². The fraction of sp³-hybridized carbons (Fsp3) is 0.154. The molecular weight excluding hydrogens is 278 g/mol. The van der Waals surface area contributed by atoms with Gasteiger partial charge in [-0.1, -0.05) is 18.3 Å². The minimum Gasteiger partial charge on any atom is -0.346 e. The lowest BCUT2D eigenvalue weighted by Gasteiger charge is -2.11. The molecule has 1 aromatic carbocycles. The molecule has 1 aromatic heterocycles. The molecular formula is C13H9F4NS. The number of H-pyrrole nitrogens is 1. The van der Waals surface area contributed by atoms with Crippen molar-refractivity contribution in [3.05, 3.63) is 51.9 Å². The van der Waals surface area contributed by atoms with Crippen molar-refractivity contribution in [3.8, 4) is 11.3 Å². The molecule has 0 aliphatic heterocycles. The van der Waals surface area contributed by atoms with Gasteiger partial charge in [0.1, 0.15) is 10.5 Å². The van der Waals surface area contributed by atoms with Gasteiger partial charge < -0.3 is 4.98 Å². The first-order valence-electron chi connectivity index (χ1n) is 5.35. The molecule has 6 heteroatoms. The molecule has 1 heterocycles. The van der Waals surface area contributed by atoms with Crippen molar-refractivity contribution in [2.45, 2.75) is 13.1 Å². The Hall–Kier alpha value is -1.69. The van der Waals surface area contributed by atoms with Crippen molar-refractivity contribution in [3.63, 3.8) is 0 Å². The van der Waals surface area contributed by atoms with E-state index in [2.05, 4.69) is 4.98 Å². The molecule has 19 heavy (non-hydrogen) atoms. The summed E-state index contributed by atoms with van der Waals surface area (Å²) in [4.78, 5) is 2.65. The lowest BCUT2D eigenvalue weighted by molar-refractivity contribution is -0.137. The molecule has 1 N–H and O–H groups in total. The van der Waals surface area contributed by atoms with Gasteiger partial charge in [0.15, 0.2) is 0 Å². The molecule has 100 valence electrons. The number of aryl methyl sites for hydroxylation is 1. The van der Waals surface area contributed by atoms with Crippen LogP contribution in [-0.2, 0) is 6.18 Å². The average Bonchev–Trinajstić information content (AvgIpc) is 2.30. The van der Waals surface area contributed by atoms with Crippen LogP contribution in [-0.4, -0.2) is 4.98 Å². The van der Waals surface area contributed by atoms with Crippen LogP contribution in [0, 0.1) is 17.4 Å². The summed E-state index contributed by atoms with van der Waals surface area (Å²) in [5, 5.41) is 0. The molecule has 0 saturated carbocycles. The normalized spacial score (nSPS) is 11.6. The summed E-state index contributed by atoms with van der Waals surface area (Å²) in [5.74, 6) is -0.516. The molecule has 0 bridgehead atoms. The predicted molar refractivity (Wildman–Crippen MR) is 66.8 cm³/mol. The van der Waals surface area contributed by atoms with E-state index < -0.39 is 17.6 Å². The summed E-state index contributed by atoms with van der Waals surface area (Å²) in [6, 6.07) is 5.70. The van der Waals surface area contributed by atoms with Crippen molar-refractivity contribution in [2.75, 3.05) is 0 Å². The quantitative estimate of drug-likeness (QED) is 0.584. The summed E-state index contributed by atoms with van der Waals surface area (Å²) < 4.78 is 51.3. The number of pyridine rings is 1. The van der Waals surface area contributed by atoms with Crippen LogP contribution in [0.1, 0.15) is 11.1 Å². The molecule has 0 aliphatic rings. The van der Waals surface area contributed by atoms with E-state index >= 15 is 0 Å². The minimum absolute atomic E-state index is 0.0477. The van der Waals surface area contributed by atoms with Crippen LogP contribution in [0.3, 0.4) is 0 Å². The Morgan fingerprint density at radius 2 is 1.79 bits per heavy atom. The largest absolute Gasteiger partial charge is 0.416 e. The first-order valence-corrected chi connectivity index (χ1v) is 5.76. The van der Waals surface area contributed by atoms with Crippen LogP contribution >= 0.6 is 12.2 Å². The van der Waals surface area contributed by atoms with Gasteiger partial charge in [0.25, 0.3) is 0 Å². The Kier molecular flexibility index (Phi) is 3.45. The lowest BCUT2D eigenvalue weighted by atomic mass is 10.0. The molecule has 1 nitrogen and oxygen atoms in total. The van der Waals surface area contributed by atoms with E-state index in [1.807, 2.05) is 0 Å². The Bertz CT molecular complexity index is 673. The SMILES string of the molecule is Cc1ccc(F)cc1-c1cc(C(F)(F)F)cc(=S)[nH]1. The summed E-state index contributed by atoms with van der Waals surface area (Å²) in [5.41, 5.74) is 0.315. The molecule has 2 aromatic rings. The molecule has 0 atom stereocenters. The fourth-order valence-corrected chi connectivity index (χ4v) is 1.97. The number of rotatable bonds is 1. The maximum Gasteiger partial charge on any atom is 0.416 e. The molecule has 0 fully saturated rings. The second kappa shape index (κ2) is 4.77. The fourth-order valence-electron chi connectivity index (χ4n) is 1.74. The van der Waals surface area contributed by atoms with Gasteiger partial charge in [-0.15, -0.1) is 0 Å². The Labute approximate surface area is 111 Å². The van der Waals surface area contributed by atoms with Gasteiger partial charge in [-0.2, -0.15) is 13.2 Å². The van der Waals surface area contributed by atoms with E-state index in [0.29, 0.717) is 11.1 Å². The Balaban J connectivity index is 2.66. The van der Waals surface area contributed by atoms with Gasteiger partial charge in [-0.25, -0.2) is 4.39 Å².